The van der Waals surface area contributed by atoms with E-state index in [1.807, 2.05) is 20.8 Å². The molecule has 0 radical (unpaired) electrons. The molecule has 0 aliphatic carbocycles. The van der Waals surface area contributed by atoms with Crippen LogP contribution in [0.25, 0.3) is 0 Å². The van der Waals surface area contributed by atoms with Crippen LogP contribution in [0.4, 0.5) is 16.0 Å². The molecule has 1 aromatic heterocycles. The molecule has 1 atom stereocenters. The molecule has 2 aromatic rings. The smallest absolute Gasteiger partial charge is 0.134 e. The van der Waals surface area contributed by atoms with Gasteiger partial charge in [-0.2, -0.15) is 0 Å². The Hall–Kier alpha value is -2.17. The lowest BCUT2D eigenvalue weighted by Gasteiger charge is -2.17. The van der Waals surface area contributed by atoms with Crippen molar-refractivity contribution < 1.29 is 4.39 Å². The molecule has 0 bridgehead atoms. The lowest BCUT2D eigenvalue weighted by atomic mass is 10.1. The van der Waals surface area contributed by atoms with Crippen LogP contribution in [0.2, 0.25) is 0 Å². The van der Waals surface area contributed by atoms with Crippen LogP contribution in [-0.4, -0.2) is 16.5 Å². The van der Waals surface area contributed by atoms with E-state index in [0.29, 0.717) is 0 Å². The number of hydrogen-bond donors (Lipinski definition) is 2. The minimum Gasteiger partial charge on any atom is -0.370 e. The topological polar surface area (TPSA) is 49.8 Å². The van der Waals surface area contributed by atoms with Crippen molar-refractivity contribution in [2.45, 2.75) is 26.8 Å². The van der Waals surface area contributed by atoms with Gasteiger partial charge in [-0.05, 0) is 38.5 Å². The van der Waals surface area contributed by atoms with Crippen molar-refractivity contribution >= 4 is 11.6 Å². The summed E-state index contributed by atoms with van der Waals surface area (Å²) in [5, 5.41) is 6.53. The predicted molar refractivity (Wildman–Crippen MR) is 79.4 cm³/mol. The third-order valence-corrected chi connectivity index (χ3v) is 3.15. The first-order valence-corrected chi connectivity index (χ1v) is 6.69. The van der Waals surface area contributed by atoms with Gasteiger partial charge in [-0.3, -0.25) is 0 Å². The van der Waals surface area contributed by atoms with Crippen LogP contribution in [0.15, 0.2) is 30.6 Å². The Morgan fingerprint density at radius 3 is 2.45 bits per heavy atom. The summed E-state index contributed by atoms with van der Waals surface area (Å²) in [6.07, 6.45) is 1.53. The number of halogens is 1. The molecule has 4 nitrogen and oxygen atoms in total. The average Bonchev–Trinajstić information content (AvgIpc) is 2.44. The second-order valence-corrected chi connectivity index (χ2v) is 4.64. The van der Waals surface area contributed by atoms with E-state index in [0.717, 1.165) is 29.3 Å². The van der Waals surface area contributed by atoms with E-state index in [4.69, 9.17) is 0 Å². The zero-order chi connectivity index (χ0) is 14.5. The third-order valence-electron chi connectivity index (χ3n) is 3.15. The Bertz CT molecular complexity index is 569. The van der Waals surface area contributed by atoms with E-state index in [1.165, 1.54) is 18.5 Å². The molecule has 2 N–H and O–H groups in total. The van der Waals surface area contributed by atoms with Crippen molar-refractivity contribution in [1.29, 1.82) is 0 Å². The van der Waals surface area contributed by atoms with Crippen molar-refractivity contribution in [2.75, 3.05) is 17.2 Å². The largest absolute Gasteiger partial charge is 0.370 e. The quantitative estimate of drug-likeness (QED) is 0.875. The summed E-state index contributed by atoms with van der Waals surface area (Å²) in [7, 11) is 0. The molecule has 0 saturated carbocycles. The minimum absolute atomic E-state index is 0.0404. The van der Waals surface area contributed by atoms with Crippen molar-refractivity contribution in [3.05, 3.63) is 47.5 Å². The zero-order valence-electron chi connectivity index (χ0n) is 11.9. The molecule has 2 rings (SSSR count). The molecule has 20 heavy (non-hydrogen) atoms. The molecule has 1 aromatic carbocycles. The Kier molecular flexibility index (Phi) is 4.50. The summed E-state index contributed by atoms with van der Waals surface area (Å²) in [6, 6.07) is 6.51. The highest BCUT2D eigenvalue weighted by Gasteiger charge is 2.10. The summed E-state index contributed by atoms with van der Waals surface area (Å²) in [4.78, 5) is 8.48. The highest BCUT2D eigenvalue weighted by Crippen LogP contribution is 2.23. The highest BCUT2D eigenvalue weighted by atomic mass is 19.1. The Morgan fingerprint density at radius 2 is 1.80 bits per heavy atom. The van der Waals surface area contributed by atoms with Gasteiger partial charge >= 0.3 is 0 Å². The highest BCUT2D eigenvalue weighted by molar-refractivity contribution is 5.57. The molecule has 0 saturated heterocycles. The predicted octanol–water partition coefficient (Wildman–Crippen LogP) is 3.53. The van der Waals surface area contributed by atoms with E-state index in [1.54, 1.807) is 12.1 Å². The van der Waals surface area contributed by atoms with Gasteiger partial charge in [0.25, 0.3) is 0 Å². The van der Waals surface area contributed by atoms with Crippen LogP contribution in [0.5, 0.6) is 0 Å². The number of nitrogens with zero attached hydrogens (tertiary/aromatic N) is 2. The number of anilines is 2. The second kappa shape index (κ2) is 6.32. The van der Waals surface area contributed by atoms with Gasteiger partial charge in [0.1, 0.15) is 23.8 Å². The summed E-state index contributed by atoms with van der Waals surface area (Å²) in [5.41, 5.74) is 1.98. The lowest BCUT2D eigenvalue weighted by molar-refractivity contribution is 0.626. The molecule has 0 amide bonds. The van der Waals surface area contributed by atoms with E-state index >= 15 is 0 Å². The maximum absolute atomic E-state index is 12.9. The van der Waals surface area contributed by atoms with Crippen LogP contribution in [0, 0.1) is 12.7 Å². The van der Waals surface area contributed by atoms with Gasteiger partial charge in [0, 0.05) is 18.2 Å². The first-order valence-electron chi connectivity index (χ1n) is 6.69. The summed E-state index contributed by atoms with van der Waals surface area (Å²) in [5.74, 6) is 1.39. The Labute approximate surface area is 118 Å². The fraction of sp³-hybridized carbons (Fsp3) is 0.333. The monoisotopic (exact) mass is 274 g/mol. The van der Waals surface area contributed by atoms with E-state index in [9.17, 15) is 4.39 Å². The van der Waals surface area contributed by atoms with Crippen LogP contribution in [0.1, 0.15) is 31.0 Å². The third kappa shape index (κ3) is 3.23. The van der Waals surface area contributed by atoms with Crippen molar-refractivity contribution in [2.24, 2.45) is 0 Å². The molecule has 0 fully saturated rings. The maximum Gasteiger partial charge on any atom is 0.134 e. The van der Waals surface area contributed by atoms with E-state index in [-0.39, 0.29) is 11.9 Å². The van der Waals surface area contributed by atoms with E-state index < -0.39 is 0 Å². The van der Waals surface area contributed by atoms with E-state index in [2.05, 4.69) is 20.6 Å². The fourth-order valence-corrected chi connectivity index (χ4v) is 1.98. The first-order chi connectivity index (χ1) is 9.61. The van der Waals surface area contributed by atoms with Crippen LogP contribution >= 0.6 is 0 Å². The van der Waals surface area contributed by atoms with Crippen LogP contribution < -0.4 is 10.6 Å². The van der Waals surface area contributed by atoms with Crippen LogP contribution in [0.3, 0.4) is 0 Å². The average molecular weight is 274 g/mol. The SMILES string of the molecule is CCNc1ncnc(NC(C)c2ccc(F)cc2)c1C. The number of nitrogens with one attached hydrogen (secondary N) is 2. The molecule has 1 heterocycles. The van der Waals surface area contributed by atoms with Crippen molar-refractivity contribution in [3.63, 3.8) is 0 Å². The Balaban J connectivity index is 2.17. The zero-order valence-corrected chi connectivity index (χ0v) is 11.9. The minimum atomic E-state index is -0.228. The summed E-state index contributed by atoms with van der Waals surface area (Å²) in [6.45, 7) is 6.82. The van der Waals surface area contributed by atoms with Gasteiger partial charge in [0.2, 0.25) is 0 Å². The Morgan fingerprint density at radius 1 is 1.15 bits per heavy atom. The van der Waals surface area contributed by atoms with Gasteiger partial charge < -0.3 is 10.6 Å². The number of aromatic nitrogens is 2. The van der Waals surface area contributed by atoms with Gasteiger partial charge in [-0.25, -0.2) is 14.4 Å². The van der Waals surface area contributed by atoms with Crippen molar-refractivity contribution in [3.8, 4) is 0 Å². The lowest BCUT2D eigenvalue weighted by Crippen LogP contribution is -2.11. The normalized spacial score (nSPS) is 12.0. The maximum atomic E-state index is 12.9. The summed E-state index contributed by atoms with van der Waals surface area (Å²) >= 11 is 0. The first kappa shape index (κ1) is 14.2. The molecule has 0 spiro atoms. The van der Waals surface area contributed by atoms with Gasteiger partial charge in [0.05, 0.1) is 0 Å². The molecule has 0 aliphatic heterocycles. The number of hydrogen-bond acceptors (Lipinski definition) is 4. The fourth-order valence-electron chi connectivity index (χ4n) is 1.98. The number of benzene rings is 1. The van der Waals surface area contributed by atoms with Crippen LogP contribution in [-0.2, 0) is 0 Å². The van der Waals surface area contributed by atoms with Gasteiger partial charge in [-0.1, -0.05) is 12.1 Å². The second-order valence-electron chi connectivity index (χ2n) is 4.64. The summed E-state index contributed by atoms with van der Waals surface area (Å²) < 4.78 is 12.9. The standard InChI is InChI=1S/C15H19FN4/c1-4-17-14-10(2)15(19-9-18-14)20-11(3)12-5-7-13(16)8-6-12/h5-9,11H,4H2,1-3H3,(H2,17,18,19,20). The van der Waals surface area contributed by atoms with Gasteiger partial charge in [0.15, 0.2) is 0 Å². The molecule has 0 aliphatic rings. The molecule has 106 valence electrons. The number of rotatable bonds is 5. The van der Waals surface area contributed by atoms with Crippen molar-refractivity contribution in [1.82, 2.24) is 9.97 Å². The molecular formula is C15H19FN4. The molecule has 1 unspecified atom stereocenters. The van der Waals surface area contributed by atoms with Gasteiger partial charge in [-0.15, -0.1) is 0 Å². The molecule has 5 heteroatoms. The molecular weight excluding hydrogens is 255 g/mol.